The smallest absolute Gasteiger partial charge is 0.183 e. The molecule has 0 aliphatic carbocycles. The second-order valence-electron chi connectivity index (χ2n) is 6.60. The third-order valence-electron chi connectivity index (χ3n) is 3.60. The highest BCUT2D eigenvalue weighted by molar-refractivity contribution is 5.58. The van der Waals surface area contributed by atoms with Crippen LogP contribution in [0.15, 0.2) is 52.8 Å². The van der Waals surface area contributed by atoms with Gasteiger partial charge in [-0.2, -0.15) is 0 Å². The number of imidazole rings is 1. The zero-order chi connectivity index (χ0) is 16.6. The SMILES string of the molecule is Cc1cccn2c(N=Nc3cccc(F)c3)c(C(C)(C)C)nc12. The molecule has 0 aliphatic heterocycles. The molecule has 3 aromatic rings. The third kappa shape index (κ3) is 2.99. The van der Waals surface area contributed by atoms with Gasteiger partial charge in [0.15, 0.2) is 5.82 Å². The van der Waals surface area contributed by atoms with Gasteiger partial charge in [-0.25, -0.2) is 9.37 Å². The van der Waals surface area contributed by atoms with Gasteiger partial charge < -0.3 is 0 Å². The minimum atomic E-state index is -0.327. The molecule has 0 spiro atoms. The predicted octanol–water partition coefficient (Wildman–Crippen LogP) is 5.49. The van der Waals surface area contributed by atoms with E-state index in [0.717, 1.165) is 16.9 Å². The number of rotatable bonds is 2. The first-order valence-corrected chi connectivity index (χ1v) is 7.52. The van der Waals surface area contributed by atoms with Crippen LogP contribution in [-0.2, 0) is 5.41 Å². The van der Waals surface area contributed by atoms with Gasteiger partial charge in [0.2, 0.25) is 0 Å². The summed E-state index contributed by atoms with van der Waals surface area (Å²) >= 11 is 0. The minimum Gasteiger partial charge on any atom is -0.283 e. The second kappa shape index (κ2) is 5.57. The van der Waals surface area contributed by atoms with Crippen LogP contribution in [0.5, 0.6) is 0 Å². The fourth-order valence-electron chi connectivity index (χ4n) is 2.43. The number of hydrogen-bond acceptors (Lipinski definition) is 3. The van der Waals surface area contributed by atoms with Gasteiger partial charge in [0, 0.05) is 17.7 Å². The van der Waals surface area contributed by atoms with Crippen molar-refractivity contribution >= 4 is 17.2 Å². The summed E-state index contributed by atoms with van der Waals surface area (Å²) in [5.74, 6) is 0.354. The van der Waals surface area contributed by atoms with E-state index in [1.54, 1.807) is 12.1 Å². The lowest BCUT2D eigenvalue weighted by Crippen LogP contribution is -2.11. The van der Waals surface area contributed by atoms with Gasteiger partial charge in [0.25, 0.3) is 0 Å². The van der Waals surface area contributed by atoms with Crippen LogP contribution in [0.25, 0.3) is 5.65 Å². The first kappa shape index (κ1) is 15.3. The molecule has 0 saturated heterocycles. The van der Waals surface area contributed by atoms with Crippen molar-refractivity contribution in [1.29, 1.82) is 0 Å². The van der Waals surface area contributed by atoms with Crippen LogP contribution >= 0.6 is 0 Å². The van der Waals surface area contributed by atoms with Crippen molar-refractivity contribution in [2.24, 2.45) is 10.2 Å². The quantitative estimate of drug-likeness (QED) is 0.577. The van der Waals surface area contributed by atoms with Gasteiger partial charge in [-0.15, -0.1) is 10.2 Å². The molecule has 0 bridgehead atoms. The van der Waals surface area contributed by atoms with E-state index in [1.165, 1.54) is 12.1 Å². The summed E-state index contributed by atoms with van der Waals surface area (Å²) in [7, 11) is 0. The first-order chi connectivity index (χ1) is 10.9. The molecule has 23 heavy (non-hydrogen) atoms. The molecular weight excluding hydrogens is 291 g/mol. The summed E-state index contributed by atoms with van der Waals surface area (Å²) in [6, 6.07) is 10.1. The fourth-order valence-corrected chi connectivity index (χ4v) is 2.43. The monoisotopic (exact) mass is 310 g/mol. The molecule has 2 heterocycles. The van der Waals surface area contributed by atoms with E-state index in [4.69, 9.17) is 4.98 Å². The Kier molecular flexibility index (Phi) is 3.72. The normalized spacial score (nSPS) is 12.4. The Labute approximate surface area is 134 Å². The van der Waals surface area contributed by atoms with Crippen molar-refractivity contribution in [1.82, 2.24) is 9.38 Å². The van der Waals surface area contributed by atoms with E-state index < -0.39 is 0 Å². The van der Waals surface area contributed by atoms with Crippen molar-refractivity contribution in [3.63, 3.8) is 0 Å². The Hall–Kier alpha value is -2.56. The van der Waals surface area contributed by atoms with Crippen LogP contribution in [0.4, 0.5) is 15.9 Å². The maximum atomic E-state index is 13.3. The van der Waals surface area contributed by atoms with Gasteiger partial charge >= 0.3 is 0 Å². The molecule has 0 atom stereocenters. The molecular formula is C18H19FN4. The molecule has 3 rings (SSSR count). The Morgan fingerprint density at radius 2 is 1.87 bits per heavy atom. The van der Waals surface area contributed by atoms with Crippen molar-refractivity contribution in [2.75, 3.05) is 0 Å². The summed E-state index contributed by atoms with van der Waals surface area (Å²) in [5.41, 5.74) is 3.12. The van der Waals surface area contributed by atoms with Crippen molar-refractivity contribution in [3.8, 4) is 0 Å². The number of halogens is 1. The van der Waals surface area contributed by atoms with Gasteiger partial charge in [-0.3, -0.25) is 4.40 Å². The Balaban J connectivity index is 2.17. The number of fused-ring (bicyclic) bond motifs is 1. The van der Waals surface area contributed by atoms with Gasteiger partial charge in [-0.1, -0.05) is 32.9 Å². The van der Waals surface area contributed by atoms with E-state index in [1.807, 2.05) is 29.7 Å². The summed E-state index contributed by atoms with van der Waals surface area (Å²) in [6.07, 6.45) is 1.92. The van der Waals surface area contributed by atoms with Crippen LogP contribution < -0.4 is 0 Å². The van der Waals surface area contributed by atoms with Gasteiger partial charge in [0.05, 0.1) is 11.4 Å². The van der Waals surface area contributed by atoms with Crippen LogP contribution in [-0.4, -0.2) is 9.38 Å². The Bertz CT molecular complexity index is 888. The average Bonchev–Trinajstić information content (AvgIpc) is 2.85. The third-order valence-corrected chi connectivity index (χ3v) is 3.60. The van der Waals surface area contributed by atoms with Crippen molar-refractivity contribution < 1.29 is 4.39 Å². The zero-order valence-corrected chi connectivity index (χ0v) is 13.7. The number of azo groups is 1. The summed E-state index contributed by atoms with van der Waals surface area (Å²) in [4.78, 5) is 4.75. The highest BCUT2D eigenvalue weighted by atomic mass is 19.1. The summed E-state index contributed by atoms with van der Waals surface area (Å²) < 4.78 is 15.2. The minimum absolute atomic E-state index is 0.172. The van der Waals surface area contributed by atoms with Gasteiger partial charge in [0.1, 0.15) is 11.5 Å². The average molecular weight is 310 g/mol. The molecule has 0 fully saturated rings. The van der Waals surface area contributed by atoms with E-state index >= 15 is 0 Å². The number of hydrogen-bond donors (Lipinski definition) is 0. The molecule has 4 nitrogen and oxygen atoms in total. The molecule has 0 N–H and O–H groups in total. The van der Waals surface area contributed by atoms with Gasteiger partial charge in [-0.05, 0) is 30.7 Å². The molecule has 0 saturated carbocycles. The number of aromatic nitrogens is 2. The van der Waals surface area contributed by atoms with Crippen LogP contribution in [0, 0.1) is 12.7 Å². The zero-order valence-electron chi connectivity index (χ0n) is 13.7. The lowest BCUT2D eigenvalue weighted by molar-refractivity contribution is 0.573. The topological polar surface area (TPSA) is 42.0 Å². The van der Waals surface area contributed by atoms with E-state index in [9.17, 15) is 4.39 Å². The molecule has 2 aromatic heterocycles. The molecule has 0 amide bonds. The molecule has 0 unspecified atom stereocenters. The maximum absolute atomic E-state index is 13.3. The number of aryl methyl sites for hydroxylation is 1. The highest BCUT2D eigenvalue weighted by Gasteiger charge is 2.24. The lowest BCUT2D eigenvalue weighted by atomic mass is 9.92. The van der Waals surface area contributed by atoms with E-state index in [-0.39, 0.29) is 11.2 Å². The highest BCUT2D eigenvalue weighted by Crippen LogP contribution is 2.33. The molecule has 0 radical (unpaired) electrons. The largest absolute Gasteiger partial charge is 0.283 e. The molecule has 1 aromatic carbocycles. The number of benzene rings is 1. The Morgan fingerprint density at radius 1 is 1.09 bits per heavy atom. The van der Waals surface area contributed by atoms with E-state index in [2.05, 4.69) is 31.0 Å². The molecule has 118 valence electrons. The second-order valence-corrected chi connectivity index (χ2v) is 6.60. The van der Waals surface area contributed by atoms with Crippen molar-refractivity contribution in [3.05, 3.63) is 59.7 Å². The number of nitrogens with zero attached hydrogens (tertiary/aromatic N) is 4. The lowest BCUT2D eigenvalue weighted by Gasteiger charge is -2.15. The Morgan fingerprint density at radius 3 is 2.57 bits per heavy atom. The molecule has 5 heteroatoms. The standard InChI is InChI=1S/C18H19FN4/c1-12-7-6-10-23-16(12)20-15(18(2,3)4)17(23)22-21-14-9-5-8-13(19)11-14/h5-11H,1-4H3. The summed E-state index contributed by atoms with van der Waals surface area (Å²) in [6.45, 7) is 8.28. The maximum Gasteiger partial charge on any atom is 0.183 e. The van der Waals surface area contributed by atoms with E-state index in [0.29, 0.717) is 11.5 Å². The van der Waals surface area contributed by atoms with Crippen molar-refractivity contribution in [2.45, 2.75) is 33.1 Å². The van der Waals surface area contributed by atoms with Crippen LogP contribution in [0.1, 0.15) is 32.0 Å². The predicted molar refractivity (Wildman–Crippen MR) is 89.2 cm³/mol. The van der Waals surface area contributed by atoms with Crippen LogP contribution in [0.2, 0.25) is 0 Å². The fraction of sp³-hybridized carbons (Fsp3) is 0.278. The first-order valence-electron chi connectivity index (χ1n) is 7.52. The van der Waals surface area contributed by atoms with Crippen LogP contribution in [0.3, 0.4) is 0 Å². The number of pyridine rings is 1. The molecule has 0 aliphatic rings. The summed E-state index contributed by atoms with van der Waals surface area (Å²) in [5, 5.41) is 8.56.